The van der Waals surface area contributed by atoms with Gasteiger partial charge in [0, 0.05) is 26.2 Å². The first-order valence-electron chi connectivity index (χ1n) is 7.83. The van der Waals surface area contributed by atoms with Crippen molar-refractivity contribution < 1.29 is 2.74 Å². The lowest BCUT2D eigenvalue weighted by molar-refractivity contribution is 0.124. The van der Waals surface area contributed by atoms with E-state index in [0.717, 1.165) is 30.8 Å². The van der Waals surface area contributed by atoms with E-state index in [4.69, 9.17) is 2.74 Å². The number of para-hydroxylation sites is 1. The van der Waals surface area contributed by atoms with Crippen molar-refractivity contribution in [2.24, 2.45) is 0 Å². The van der Waals surface area contributed by atoms with Crippen molar-refractivity contribution in [3.63, 3.8) is 0 Å². The largest absolute Gasteiger partial charge is 0.355 e. The summed E-state index contributed by atoms with van der Waals surface area (Å²) in [6, 6.07) is 8.78. The van der Waals surface area contributed by atoms with Crippen molar-refractivity contribution in [2.75, 3.05) is 18.0 Å². The van der Waals surface area contributed by atoms with E-state index >= 15 is 0 Å². The summed E-state index contributed by atoms with van der Waals surface area (Å²) in [5, 5.41) is 0. The SMILES string of the molecule is [2H]C1C[C@@]2([2H])N(CC[C@H]3CCCN32)c2ccccc21. The zero-order chi connectivity index (χ0) is 13.0. The van der Waals surface area contributed by atoms with Crippen LogP contribution in [0.2, 0.25) is 0 Å². The maximum Gasteiger partial charge on any atom is 0.0826 e. The Hall–Kier alpha value is -1.02. The molecule has 0 aliphatic carbocycles. The van der Waals surface area contributed by atoms with Gasteiger partial charge in [-0.2, -0.15) is 0 Å². The van der Waals surface area contributed by atoms with Crippen molar-refractivity contribution in [3.05, 3.63) is 29.8 Å². The molecule has 1 aromatic carbocycles. The molecular formula is C15H20N2. The Bertz CT molecular complexity index is 507. The molecule has 3 atom stereocenters. The third kappa shape index (κ3) is 1.43. The zero-order valence-electron chi connectivity index (χ0n) is 12.1. The fourth-order valence-electron chi connectivity index (χ4n) is 3.63. The van der Waals surface area contributed by atoms with Crippen molar-refractivity contribution in [2.45, 2.75) is 44.3 Å². The van der Waals surface area contributed by atoms with Gasteiger partial charge in [0.2, 0.25) is 0 Å². The van der Waals surface area contributed by atoms with E-state index in [9.17, 15) is 0 Å². The van der Waals surface area contributed by atoms with Crippen LogP contribution in [0.1, 0.15) is 34.0 Å². The quantitative estimate of drug-likeness (QED) is 0.676. The van der Waals surface area contributed by atoms with Crippen LogP contribution in [0.4, 0.5) is 5.69 Å². The van der Waals surface area contributed by atoms with E-state index in [1.807, 2.05) is 12.1 Å². The van der Waals surface area contributed by atoms with Crippen LogP contribution in [0.25, 0.3) is 0 Å². The van der Waals surface area contributed by atoms with Gasteiger partial charge < -0.3 is 4.90 Å². The summed E-state index contributed by atoms with van der Waals surface area (Å²) in [5.74, 6) is 0. The molecule has 3 aliphatic heterocycles. The predicted molar refractivity (Wildman–Crippen MR) is 70.2 cm³/mol. The van der Waals surface area contributed by atoms with Gasteiger partial charge in [-0.3, -0.25) is 4.90 Å². The van der Waals surface area contributed by atoms with E-state index in [1.165, 1.54) is 12.8 Å². The summed E-state index contributed by atoms with van der Waals surface area (Å²) >= 11 is 0. The average Bonchev–Trinajstić information content (AvgIpc) is 2.88. The summed E-state index contributed by atoms with van der Waals surface area (Å²) in [6.07, 6.45) is 3.28. The van der Waals surface area contributed by atoms with Gasteiger partial charge in [-0.25, -0.2) is 0 Å². The fraction of sp³-hybridized carbons (Fsp3) is 0.600. The number of aryl methyl sites for hydroxylation is 1. The molecule has 90 valence electrons. The fourth-order valence-corrected chi connectivity index (χ4v) is 3.63. The van der Waals surface area contributed by atoms with Crippen molar-refractivity contribution in [1.82, 2.24) is 4.90 Å². The molecule has 0 aromatic heterocycles. The van der Waals surface area contributed by atoms with Crippen LogP contribution in [-0.2, 0) is 6.40 Å². The lowest BCUT2D eigenvalue weighted by Crippen LogP contribution is -2.57. The van der Waals surface area contributed by atoms with Crippen LogP contribution in [0.15, 0.2) is 24.3 Å². The molecular weight excluding hydrogens is 208 g/mol. The van der Waals surface area contributed by atoms with Gasteiger partial charge in [0.05, 0.1) is 7.51 Å². The summed E-state index contributed by atoms with van der Waals surface area (Å²) < 4.78 is 17.4. The van der Waals surface area contributed by atoms with E-state index in [1.54, 1.807) is 0 Å². The highest BCUT2D eigenvalue weighted by Gasteiger charge is 2.40. The molecule has 0 spiro atoms. The Kier molecular flexibility index (Phi) is 1.79. The van der Waals surface area contributed by atoms with E-state index in [2.05, 4.69) is 21.9 Å². The minimum atomic E-state index is -0.680. The molecule has 1 unspecified atom stereocenters. The number of fused-ring (bicyclic) bond motifs is 5. The molecule has 0 bridgehead atoms. The number of nitrogens with zero attached hydrogens (tertiary/aromatic N) is 2. The second-order valence-corrected chi connectivity index (χ2v) is 5.31. The maximum atomic E-state index is 9.00. The number of rotatable bonds is 0. The first kappa shape index (κ1) is 8.15. The predicted octanol–water partition coefficient (Wildman–Crippen LogP) is 2.63. The van der Waals surface area contributed by atoms with Crippen LogP contribution in [-0.4, -0.2) is 30.2 Å². The summed E-state index contributed by atoms with van der Waals surface area (Å²) in [4.78, 5) is 4.60. The molecule has 0 amide bonds. The van der Waals surface area contributed by atoms with Gasteiger partial charge in [-0.05, 0) is 43.7 Å². The molecule has 0 radical (unpaired) electrons. The topological polar surface area (TPSA) is 6.48 Å². The number of hydrogen-bond acceptors (Lipinski definition) is 2. The minimum Gasteiger partial charge on any atom is -0.355 e. The summed E-state index contributed by atoms with van der Waals surface area (Å²) in [6.45, 7) is 1.99. The third-order valence-electron chi connectivity index (χ3n) is 4.44. The molecule has 3 aliphatic rings. The lowest BCUT2D eigenvalue weighted by Gasteiger charge is -2.49. The molecule has 0 N–H and O–H groups in total. The van der Waals surface area contributed by atoms with Gasteiger partial charge in [0.15, 0.2) is 0 Å². The van der Waals surface area contributed by atoms with Crippen molar-refractivity contribution in [3.8, 4) is 0 Å². The Morgan fingerprint density at radius 1 is 1.18 bits per heavy atom. The summed E-state index contributed by atoms with van der Waals surface area (Å²) in [5.41, 5.74) is 2.22. The van der Waals surface area contributed by atoms with E-state index in [0.29, 0.717) is 12.5 Å². The molecule has 1 aromatic rings. The van der Waals surface area contributed by atoms with Gasteiger partial charge in [-0.15, -0.1) is 0 Å². The normalized spacial score (nSPS) is 42.2. The molecule has 2 saturated heterocycles. The number of hydrogen-bond donors (Lipinski definition) is 0. The smallest absolute Gasteiger partial charge is 0.0826 e. The number of anilines is 1. The maximum absolute atomic E-state index is 9.00. The zero-order valence-corrected chi connectivity index (χ0v) is 10.1. The van der Waals surface area contributed by atoms with Gasteiger partial charge in [-0.1, -0.05) is 18.2 Å². The first-order valence-corrected chi connectivity index (χ1v) is 6.76. The first-order chi connectivity index (χ1) is 9.20. The number of benzene rings is 1. The average molecular weight is 230 g/mol. The van der Waals surface area contributed by atoms with E-state index in [-0.39, 0.29) is 6.40 Å². The highest BCUT2D eigenvalue weighted by atomic mass is 15.4. The minimum absolute atomic E-state index is 0.260. The Morgan fingerprint density at radius 2 is 2.12 bits per heavy atom. The van der Waals surface area contributed by atoms with Gasteiger partial charge >= 0.3 is 0 Å². The van der Waals surface area contributed by atoms with Crippen LogP contribution in [0, 0.1) is 0 Å². The lowest BCUT2D eigenvalue weighted by atomic mass is 9.95. The second-order valence-electron chi connectivity index (χ2n) is 5.31. The van der Waals surface area contributed by atoms with Crippen LogP contribution in [0.3, 0.4) is 0 Å². The van der Waals surface area contributed by atoms with Crippen LogP contribution in [0.5, 0.6) is 0 Å². The highest BCUT2D eigenvalue weighted by Crippen LogP contribution is 2.38. The molecule has 3 heterocycles. The Morgan fingerprint density at radius 3 is 3.12 bits per heavy atom. The van der Waals surface area contributed by atoms with Crippen molar-refractivity contribution in [1.29, 1.82) is 0 Å². The molecule has 4 rings (SSSR count). The standard InChI is InChI=1S/C15H20N2/c1-2-6-14-12(4-1)7-8-15-16-10-3-5-13(16)9-11-17(14)15/h1-2,4,6,13,15H,3,5,7-11H2/t13-,15-/m1/s1/i7D,15D/t7?,13-,15-. The molecule has 2 heteroatoms. The van der Waals surface area contributed by atoms with Crippen LogP contribution < -0.4 is 4.90 Å². The van der Waals surface area contributed by atoms with Crippen molar-refractivity contribution >= 4 is 5.69 Å². The monoisotopic (exact) mass is 230 g/mol. The highest BCUT2D eigenvalue weighted by molar-refractivity contribution is 5.56. The van der Waals surface area contributed by atoms with Gasteiger partial charge in [0.1, 0.15) is 0 Å². The van der Waals surface area contributed by atoms with Gasteiger partial charge in [0.25, 0.3) is 0 Å². The molecule has 2 nitrogen and oxygen atoms in total. The second kappa shape index (κ2) is 3.74. The van der Waals surface area contributed by atoms with Crippen LogP contribution >= 0.6 is 0 Å². The molecule has 2 fully saturated rings. The Labute approximate surface area is 106 Å². The molecule has 17 heavy (non-hydrogen) atoms. The Balaban J connectivity index is 1.81. The third-order valence-corrected chi connectivity index (χ3v) is 4.44. The molecule has 0 saturated carbocycles. The summed E-state index contributed by atoms with van der Waals surface area (Å²) in [7, 11) is 0. The van der Waals surface area contributed by atoms with E-state index < -0.39 is 6.14 Å².